The van der Waals surface area contributed by atoms with Crippen molar-refractivity contribution < 1.29 is 27.1 Å². The molecule has 0 aliphatic carbocycles. The summed E-state index contributed by atoms with van der Waals surface area (Å²) in [6, 6.07) is 27.9. The van der Waals surface area contributed by atoms with Crippen LogP contribution in [-0.2, 0) is 26.2 Å². The number of sulfonamides is 1. The molecule has 2 amide bonds. The third kappa shape index (κ3) is 8.23. The van der Waals surface area contributed by atoms with E-state index in [1.807, 2.05) is 32.0 Å². The van der Waals surface area contributed by atoms with E-state index in [-0.39, 0.29) is 29.1 Å². The molecule has 44 heavy (non-hydrogen) atoms. The summed E-state index contributed by atoms with van der Waals surface area (Å²) in [5, 5.41) is 2.89. The number of halogens is 1. The molecule has 0 aromatic heterocycles. The quantitative estimate of drug-likeness (QED) is 0.194. The van der Waals surface area contributed by atoms with Gasteiger partial charge in [-0.05, 0) is 86.5 Å². The summed E-state index contributed by atoms with van der Waals surface area (Å²) in [7, 11) is -4.21. The van der Waals surface area contributed by atoms with Crippen LogP contribution in [0.5, 0.6) is 11.5 Å². The minimum absolute atomic E-state index is 0.00468. The normalized spacial score (nSPS) is 12.5. The fraction of sp³-hybridized carbons (Fsp3) is 0.235. The Balaban J connectivity index is 1.68. The van der Waals surface area contributed by atoms with E-state index in [4.69, 9.17) is 4.74 Å². The summed E-state index contributed by atoms with van der Waals surface area (Å²) in [6.07, 6.45) is 0.692. The van der Waals surface area contributed by atoms with Crippen molar-refractivity contribution >= 4 is 27.5 Å². The zero-order valence-electron chi connectivity index (χ0n) is 24.9. The predicted molar refractivity (Wildman–Crippen MR) is 168 cm³/mol. The van der Waals surface area contributed by atoms with Crippen LogP contribution in [0.15, 0.2) is 114 Å². The van der Waals surface area contributed by atoms with Gasteiger partial charge in [-0.15, -0.1) is 0 Å². The number of anilines is 1. The highest BCUT2D eigenvalue weighted by Crippen LogP contribution is 2.28. The molecule has 8 nitrogen and oxygen atoms in total. The molecule has 4 aromatic rings. The fourth-order valence-corrected chi connectivity index (χ4v) is 5.82. The van der Waals surface area contributed by atoms with Gasteiger partial charge in [0.15, 0.2) is 0 Å². The first-order valence-corrected chi connectivity index (χ1v) is 15.8. The van der Waals surface area contributed by atoms with Crippen LogP contribution in [0.4, 0.5) is 10.1 Å². The van der Waals surface area contributed by atoms with Gasteiger partial charge in [0.2, 0.25) is 11.8 Å². The number of hydrogen-bond acceptors (Lipinski definition) is 5. The van der Waals surface area contributed by atoms with Crippen LogP contribution >= 0.6 is 0 Å². The molecular formula is C34H36FN3O5S. The van der Waals surface area contributed by atoms with Gasteiger partial charge in [0.05, 0.1) is 10.6 Å². The Kier molecular flexibility index (Phi) is 10.7. The van der Waals surface area contributed by atoms with E-state index in [2.05, 4.69) is 5.32 Å². The Labute approximate surface area is 258 Å². The lowest BCUT2D eigenvalue weighted by Crippen LogP contribution is -2.52. The Hall–Kier alpha value is -4.70. The number of carbonyl (C=O) groups excluding carboxylic acids is 2. The van der Waals surface area contributed by atoms with Crippen molar-refractivity contribution in [3.05, 3.63) is 121 Å². The Morgan fingerprint density at radius 2 is 1.39 bits per heavy atom. The average molecular weight is 618 g/mol. The van der Waals surface area contributed by atoms with E-state index in [0.29, 0.717) is 23.5 Å². The van der Waals surface area contributed by atoms with E-state index < -0.39 is 34.3 Å². The molecule has 230 valence electrons. The number of carbonyl (C=O) groups is 2. The van der Waals surface area contributed by atoms with Crippen molar-refractivity contribution in [2.75, 3.05) is 10.8 Å². The molecule has 0 saturated heterocycles. The topological polar surface area (TPSA) is 96.0 Å². The lowest BCUT2D eigenvalue weighted by molar-refractivity contribution is -0.139. The maximum atomic E-state index is 14.0. The van der Waals surface area contributed by atoms with Gasteiger partial charge in [-0.3, -0.25) is 13.9 Å². The largest absolute Gasteiger partial charge is 0.457 e. The molecular weight excluding hydrogens is 581 g/mol. The third-order valence-electron chi connectivity index (χ3n) is 7.15. The summed E-state index contributed by atoms with van der Waals surface area (Å²) in [4.78, 5) is 28.5. The molecule has 0 heterocycles. The first-order chi connectivity index (χ1) is 21.1. The van der Waals surface area contributed by atoms with Crippen molar-refractivity contribution in [3.63, 3.8) is 0 Å². The third-order valence-corrected chi connectivity index (χ3v) is 8.94. The number of rotatable bonds is 13. The lowest BCUT2D eigenvalue weighted by Gasteiger charge is -2.32. The van der Waals surface area contributed by atoms with Crippen LogP contribution in [0.1, 0.15) is 32.8 Å². The number of nitrogens with zero attached hydrogens (tertiary/aromatic N) is 2. The van der Waals surface area contributed by atoms with Crippen LogP contribution < -0.4 is 14.4 Å². The first-order valence-electron chi connectivity index (χ1n) is 14.3. The molecule has 0 spiro atoms. The SMILES string of the molecule is CCC(C)NC(=O)C(C)N(Cc1ccc(F)cc1)C(=O)CN(c1ccc(Oc2ccccc2)cc1)S(=O)(=O)c1ccccc1. The molecule has 2 atom stereocenters. The molecule has 0 bridgehead atoms. The highest BCUT2D eigenvalue weighted by molar-refractivity contribution is 7.92. The maximum absolute atomic E-state index is 14.0. The van der Waals surface area contributed by atoms with Crippen LogP contribution in [0.25, 0.3) is 0 Å². The van der Waals surface area contributed by atoms with Crippen molar-refractivity contribution in [1.82, 2.24) is 10.2 Å². The molecule has 2 unspecified atom stereocenters. The average Bonchev–Trinajstić information content (AvgIpc) is 3.04. The number of ether oxygens (including phenoxy) is 1. The molecule has 0 radical (unpaired) electrons. The van der Waals surface area contributed by atoms with E-state index in [1.54, 1.807) is 61.5 Å². The second-order valence-corrected chi connectivity index (χ2v) is 12.2. The van der Waals surface area contributed by atoms with Crippen molar-refractivity contribution in [2.45, 2.75) is 50.7 Å². The van der Waals surface area contributed by atoms with Crippen LogP contribution in [-0.4, -0.2) is 43.8 Å². The van der Waals surface area contributed by atoms with Gasteiger partial charge in [-0.25, -0.2) is 12.8 Å². The highest BCUT2D eigenvalue weighted by atomic mass is 32.2. The monoisotopic (exact) mass is 617 g/mol. The predicted octanol–water partition coefficient (Wildman–Crippen LogP) is 6.15. The summed E-state index contributed by atoms with van der Waals surface area (Å²) in [6.45, 7) is 4.76. The standard InChI is InChI=1S/C34H36FN3O5S/c1-4-25(2)36-34(40)26(3)37(23-27-15-17-28(35)18-16-27)33(39)24-38(44(41,42)32-13-9-6-10-14-32)29-19-21-31(22-20-29)43-30-11-7-5-8-12-30/h5-22,25-26H,4,23-24H2,1-3H3,(H,36,40). The van der Waals surface area contributed by atoms with E-state index in [9.17, 15) is 22.4 Å². The molecule has 0 fully saturated rings. The van der Waals surface area contributed by atoms with Crippen molar-refractivity contribution in [2.24, 2.45) is 0 Å². The summed E-state index contributed by atoms with van der Waals surface area (Å²) in [5.74, 6) is -0.323. The number of para-hydroxylation sites is 1. The van der Waals surface area contributed by atoms with E-state index in [1.165, 1.54) is 41.3 Å². The lowest BCUT2D eigenvalue weighted by atomic mass is 10.1. The van der Waals surface area contributed by atoms with Gasteiger partial charge < -0.3 is 15.0 Å². The van der Waals surface area contributed by atoms with Gasteiger partial charge in [0, 0.05) is 12.6 Å². The van der Waals surface area contributed by atoms with Gasteiger partial charge in [-0.1, -0.05) is 55.5 Å². The molecule has 1 N–H and O–H groups in total. The molecule has 4 rings (SSSR count). The zero-order valence-corrected chi connectivity index (χ0v) is 25.7. The second kappa shape index (κ2) is 14.7. The molecule has 0 aliphatic rings. The molecule has 0 saturated carbocycles. The molecule has 4 aromatic carbocycles. The van der Waals surface area contributed by atoms with Crippen LogP contribution in [0, 0.1) is 5.82 Å². The summed E-state index contributed by atoms with van der Waals surface area (Å²) in [5.41, 5.74) is 0.823. The first kappa shape index (κ1) is 32.2. The number of benzene rings is 4. The van der Waals surface area contributed by atoms with E-state index in [0.717, 1.165) is 4.31 Å². The highest BCUT2D eigenvalue weighted by Gasteiger charge is 2.32. The van der Waals surface area contributed by atoms with Gasteiger partial charge in [-0.2, -0.15) is 0 Å². The Bertz CT molecular complexity index is 1630. The minimum Gasteiger partial charge on any atom is -0.457 e. The number of nitrogens with one attached hydrogen (secondary N) is 1. The van der Waals surface area contributed by atoms with E-state index >= 15 is 0 Å². The maximum Gasteiger partial charge on any atom is 0.264 e. The smallest absolute Gasteiger partial charge is 0.264 e. The summed E-state index contributed by atoms with van der Waals surface area (Å²) >= 11 is 0. The van der Waals surface area contributed by atoms with Crippen molar-refractivity contribution in [1.29, 1.82) is 0 Å². The van der Waals surface area contributed by atoms with Crippen LogP contribution in [0.2, 0.25) is 0 Å². The molecule has 0 aliphatic heterocycles. The Morgan fingerprint density at radius 1 is 0.818 bits per heavy atom. The summed E-state index contributed by atoms with van der Waals surface area (Å²) < 4.78 is 48.4. The molecule has 10 heteroatoms. The van der Waals surface area contributed by atoms with Crippen LogP contribution in [0.3, 0.4) is 0 Å². The van der Waals surface area contributed by atoms with Crippen molar-refractivity contribution in [3.8, 4) is 11.5 Å². The van der Waals surface area contributed by atoms with Gasteiger partial charge in [0.1, 0.15) is 29.9 Å². The Morgan fingerprint density at radius 3 is 1.98 bits per heavy atom. The second-order valence-electron chi connectivity index (χ2n) is 10.4. The van der Waals surface area contributed by atoms with Gasteiger partial charge in [0.25, 0.3) is 10.0 Å². The minimum atomic E-state index is -4.21. The number of amides is 2. The van der Waals surface area contributed by atoms with Gasteiger partial charge >= 0.3 is 0 Å². The fourth-order valence-electron chi connectivity index (χ4n) is 4.39. The number of hydrogen-bond donors (Lipinski definition) is 1. The zero-order chi connectivity index (χ0) is 31.7.